The van der Waals surface area contributed by atoms with E-state index in [1.165, 1.54) is 16.6 Å². The number of nitrogens with one attached hydrogen (secondary N) is 3. The van der Waals surface area contributed by atoms with Crippen LogP contribution in [0.2, 0.25) is 0 Å². The maximum absolute atomic E-state index is 11.6. The van der Waals surface area contributed by atoms with Gasteiger partial charge in [0.1, 0.15) is 18.0 Å². The largest absolute Gasteiger partial charge is 0.491 e. The van der Waals surface area contributed by atoms with Crippen molar-refractivity contribution in [2.24, 2.45) is 0 Å². The summed E-state index contributed by atoms with van der Waals surface area (Å²) < 4.78 is 24.2. The van der Waals surface area contributed by atoms with Gasteiger partial charge in [-0.2, -0.15) is 0 Å². The van der Waals surface area contributed by atoms with E-state index in [-0.39, 0.29) is 4.64 Å². The first kappa shape index (κ1) is 39.2. The number of likely N-dealkylation sites (tertiary alicyclic amines) is 1. The van der Waals surface area contributed by atoms with Gasteiger partial charge in [-0.3, -0.25) is 0 Å². The quantitative estimate of drug-likeness (QED) is 0.0964. The highest BCUT2D eigenvalue weighted by molar-refractivity contribution is 7.57. The number of piperidine rings is 1. The predicted molar refractivity (Wildman–Crippen MR) is 211 cm³/mol. The van der Waals surface area contributed by atoms with Gasteiger partial charge in [-0.15, -0.1) is 27.7 Å². The van der Waals surface area contributed by atoms with Crippen molar-refractivity contribution in [3.05, 3.63) is 54.2 Å². The van der Waals surface area contributed by atoms with Crippen LogP contribution in [0.5, 0.6) is 5.75 Å². The van der Waals surface area contributed by atoms with E-state index < -0.39 is 11.7 Å². The Morgan fingerprint density at radius 3 is 2.35 bits per heavy atom. The van der Waals surface area contributed by atoms with Gasteiger partial charge in [0.2, 0.25) is 0 Å². The van der Waals surface area contributed by atoms with E-state index in [9.17, 15) is 4.79 Å². The Balaban J connectivity index is 1.19. The number of hydrogen-bond donors (Lipinski definition) is 3. The average Bonchev–Trinajstić information content (AvgIpc) is 3.37. The third-order valence-corrected chi connectivity index (χ3v) is 8.24. The van der Waals surface area contributed by atoms with Gasteiger partial charge in [-0.05, 0) is 102 Å². The molecule has 3 N–H and O–H groups in total. The van der Waals surface area contributed by atoms with Crippen LogP contribution in [0.3, 0.4) is 0 Å². The maximum atomic E-state index is 11.6. The summed E-state index contributed by atoms with van der Waals surface area (Å²) in [6.45, 7) is 11.6. The highest BCUT2D eigenvalue weighted by Crippen LogP contribution is 2.38. The SMILES string of the molecule is CN1CCC(Nc2cccc3c2cc(C#CCNc2ccc(OCCOCCOCCNC(=O)OC(C)(C)C)cc2)n3CC(P)(P)P)CC1. The van der Waals surface area contributed by atoms with E-state index in [0.29, 0.717) is 52.2 Å². The number of fused-ring (bicyclic) bond motifs is 1. The van der Waals surface area contributed by atoms with Crippen LogP contribution in [0.1, 0.15) is 39.3 Å². The molecule has 10 nitrogen and oxygen atoms in total. The molecule has 1 saturated heterocycles. The topological polar surface area (TPSA) is 98.2 Å². The van der Waals surface area contributed by atoms with Gasteiger partial charge < -0.3 is 44.4 Å². The van der Waals surface area contributed by atoms with Crippen molar-refractivity contribution < 1.29 is 23.7 Å². The lowest BCUT2D eigenvalue weighted by Gasteiger charge is -2.30. The molecule has 2 heterocycles. The number of rotatable bonds is 16. The molecule has 268 valence electrons. The summed E-state index contributed by atoms with van der Waals surface area (Å²) in [5.41, 5.74) is 3.82. The second-order valence-corrected chi connectivity index (χ2v) is 18.6. The van der Waals surface area contributed by atoms with Crippen molar-refractivity contribution in [1.29, 1.82) is 0 Å². The van der Waals surface area contributed by atoms with Crippen LogP contribution in [0.25, 0.3) is 10.9 Å². The van der Waals surface area contributed by atoms with E-state index in [4.69, 9.17) is 18.9 Å². The number of carbonyl (C=O) groups excluding carboxylic acids is 1. The third kappa shape index (κ3) is 14.3. The van der Waals surface area contributed by atoms with Gasteiger partial charge in [0.05, 0.1) is 44.2 Å². The molecule has 1 aromatic heterocycles. The maximum Gasteiger partial charge on any atom is 0.407 e. The fraction of sp³-hybridized carbons (Fsp3) is 0.528. The van der Waals surface area contributed by atoms with E-state index >= 15 is 0 Å². The van der Waals surface area contributed by atoms with E-state index in [0.717, 1.165) is 49.6 Å². The Bertz CT molecular complexity index is 1540. The van der Waals surface area contributed by atoms with Crippen molar-refractivity contribution in [1.82, 2.24) is 14.8 Å². The molecule has 3 aromatic rings. The van der Waals surface area contributed by atoms with Crippen molar-refractivity contribution in [2.75, 3.05) is 76.9 Å². The van der Waals surface area contributed by atoms with Crippen molar-refractivity contribution in [3.63, 3.8) is 0 Å². The third-order valence-electron chi connectivity index (χ3n) is 7.69. The normalized spacial score (nSPS) is 14.3. The number of amides is 1. The molecule has 0 bridgehead atoms. The smallest absolute Gasteiger partial charge is 0.407 e. The van der Waals surface area contributed by atoms with Crippen LogP contribution in [0.15, 0.2) is 48.5 Å². The molecular weight excluding hydrogens is 675 g/mol. The first-order valence-electron chi connectivity index (χ1n) is 16.9. The summed E-state index contributed by atoms with van der Waals surface area (Å²) in [4.78, 5) is 14.0. The number of aromatic nitrogens is 1. The second kappa shape index (κ2) is 19.1. The molecule has 0 aliphatic carbocycles. The fourth-order valence-electron chi connectivity index (χ4n) is 5.36. The summed E-state index contributed by atoms with van der Waals surface area (Å²) in [6, 6.07) is 17.1. The van der Waals surface area contributed by atoms with Gasteiger partial charge in [0.15, 0.2) is 0 Å². The Kier molecular flexibility index (Phi) is 15.3. The summed E-state index contributed by atoms with van der Waals surface area (Å²) in [7, 11) is 10.9. The number of alkyl carbamates (subject to hydrolysis) is 1. The van der Waals surface area contributed by atoms with E-state index in [2.05, 4.69) is 96.3 Å². The molecule has 1 fully saturated rings. The zero-order valence-electron chi connectivity index (χ0n) is 29.3. The summed E-state index contributed by atoms with van der Waals surface area (Å²) in [6.07, 6.45) is 1.85. The Labute approximate surface area is 299 Å². The lowest BCUT2D eigenvalue weighted by Crippen LogP contribution is -2.36. The van der Waals surface area contributed by atoms with Crippen LogP contribution in [-0.2, 0) is 20.8 Å². The van der Waals surface area contributed by atoms with Crippen LogP contribution in [0.4, 0.5) is 16.2 Å². The molecule has 0 radical (unpaired) electrons. The first-order valence-corrected chi connectivity index (χ1v) is 18.6. The molecule has 4 rings (SSSR count). The number of carbonyl (C=O) groups is 1. The number of ether oxygens (including phenoxy) is 4. The molecule has 3 atom stereocenters. The van der Waals surface area contributed by atoms with Gasteiger partial charge in [0.25, 0.3) is 0 Å². The van der Waals surface area contributed by atoms with Gasteiger partial charge in [-0.25, -0.2) is 4.79 Å². The van der Waals surface area contributed by atoms with Crippen molar-refractivity contribution in [2.45, 2.75) is 56.4 Å². The molecule has 0 saturated carbocycles. The van der Waals surface area contributed by atoms with Gasteiger partial charge in [0, 0.05) is 40.5 Å². The predicted octanol–water partition coefficient (Wildman–Crippen LogP) is 5.83. The van der Waals surface area contributed by atoms with E-state index in [1.54, 1.807) is 0 Å². The second-order valence-electron chi connectivity index (χ2n) is 13.4. The molecule has 1 aliphatic heterocycles. The highest BCUT2D eigenvalue weighted by atomic mass is 31.1. The summed E-state index contributed by atoms with van der Waals surface area (Å²) in [5.74, 6) is 7.54. The molecule has 3 unspecified atom stereocenters. The lowest BCUT2D eigenvalue weighted by atomic mass is 10.0. The minimum Gasteiger partial charge on any atom is -0.491 e. The molecule has 1 amide bonds. The number of benzene rings is 2. The number of nitrogens with zero attached hydrogens (tertiary/aromatic N) is 2. The fourth-order valence-corrected chi connectivity index (χ4v) is 5.91. The van der Waals surface area contributed by atoms with Crippen molar-refractivity contribution in [3.8, 4) is 17.6 Å². The monoisotopic (exact) mass is 729 g/mol. The summed E-state index contributed by atoms with van der Waals surface area (Å²) in [5, 5.41) is 11.1. The highest BCUT2D eigenvalue weighted by Gasteiger charge is 2.20. The Morgan fingerprint density at radius 1 is 0.959 bits per heavy atom. The molecular formula is C36H54N5O5P3. The number of anilines is 2. The zero-order chi connectivity index (χ0) is 35.3. The average molecular weight is 730 g/mol. The Hall–Kier alpha value is -2.62. The summed E-state index contributed by atoms with van der Waals surface area (Å²) >= 11 is 0. The number of hydrogen-bond acceptors (Lipinski definition) is 8. The van der Waals surface area contributed by atoms with Crippen molar-refractivity contribution >= 4 is 56.1 Å². The van der Waals surface area contributed by atoms with Gasteiger partial charge in [-0.1, -0.05) is 12.0 Å². The van der Waals surface area contributed by atoms with Crippen LogP contribution in [0, 0.1) is 11.8 Å². The molecule has 2 aromatic carbocycles. The standard InChI is InChI=1S/C36H54N5O5P3/c1-35(2,3)46-34(42)38-17-20-43-21-22-44-23-24-45-30-12-10-27(11-13-30)37-16-6-7-29-25-31-32(39-28-14-18-40(4)19-15-28)8-5-9-33(31)41(29)26-36(47,48)49/h5,8-13,25,28,37,39H,14-24,26,47-49H2,1-4H3,(H,38,42). The van der Waals surface area contributed by atoms with Gasteiger partial charge >= 0.3 is 6.09 Å². The van der Waals surface area contributed by atoms with E-state index in [1.807, 2.05) is 45.0 Å². The molecule has 13 heteroatoms. The first-order chi connectivity index (χ1) is 23.4. The minimum absolute atomic E-state index is 0.133. The Morgan fingerprint density at radius 2 is 1.65 bits per heavy atom. The van der Waals surface area contributed by atoms with Crippen LogP contribution >= 0.6 is 27.7 Å². The van der Waals surface area contributed by atoms with Crippen LogP contribution < -0.4 is 20.7 Å². The molecule has 0 spiro atoms. The zero-order valence-corrected chi connectivity index (χ0v) is 32.8. The minimum atomic E-state index is -0.514. The molecule has 1 aliphatic rings. The van der Waals surface area contributed by atoms with Crippen LogP contribution in [-0.4, -0.2) is 98.1 Å². The lowest BCUT2D eigenvalue weighted by molar-refractivity contribution is 0.0328. The molecule has 49 heavy (non-hydrogen) atoms.